The lowest BCUT2D eigenvalue weighted by molar-refractivity contribution is -0.132. The van der Waals surface area contributed by atoms with Crippen LogP contribution in [0.4, 0.5) is 5.69 Å². The minimum Gasteiger partial charge on any atom is -0.495 e. The van der Waals surface area contributed by atoms with Crippen LogP contribution in [0.15, 0.2) is 24.3 Å². The monoisotopic (exact) mass is 333 g/mol. The third kappa shape index (κ3) is 3.82. The van der Waals surface area contributed by atoms with Gasteiger partial charge in [-0.3, -0.25) is 4.79 Å². The summed E-state index contributed by atoms with van der Waals surface area (Å²) >= 11 is 0. The van der Waals surface area contributed by atoms with Crippen molar-refractivity contribution >= 4 is 11.6 Å². The molecule has 6 heteroatoms. The molecular weight excluding hydrogens is 306 g/mol. The molecule has 2 saturated heterocycles. The van der Waals surface area contributed by atoms with Crippen molar-refractivity contribution in [1.82, 2.24) is 5.32 Å². The maximum absolute atomic E-state index is 12.3. The Morgan fingerprint density at radius 2 is 2.04 bits per heavy atom. The summed E-state index contributed by atoms with van der Waals surface area (Å²) in [5.74, 6) is 0.911. The van der Waals surface area contributed by atoms with Crippen molar-refractivity contribution in [1.29, 1.82) is 0 Å². The number of para-hydroxylation sites is 2. The number of anilines is 1. The molecule has 0 radical (unpaired) electrons. The van der Waals surface area contributed by atoms with Gasteiger partial charge in [-0.15, -0.1) is 0 Å². The number of hydrogen-bond donors (Lipinski definition) is 2. The summed E-state index contributed by atoms with van der Waals surface area (Å²) in [4.78, 5) is 14.6. The SMILES string of the molecule is COc1ccccc1N1CCC(NC(=O)[C@@H]2CC[C@H](CN)O2)CC1. The summed E-state index contributed by atoms with van der Waals surface area (Å²) in [6.45, 7) is 2.30. The third-order valence-corrected chi connectivity index (χ3v) is 4.93. The van der Waals surface area contributed by atoms with Crippen molar-refractivity contribution in [3.05, 3.63) is 24.3 Å². The number of piperidine rings is 1. The van der Waals surface area contributed by atoms with Crippen LogP contribution in [0.25, 0.3) is 0 Å². The van der Waals surface area contributed by atoms with Crippen LogP contribution < -0.4 is 20.7 Å². The van der Waals surface area contributed by atoms with Crippen LogP contribution in [-0.2, 0) is 9.53 Å². The van der Waals surface area contributed by atoms with Gasteiger partial charge in [0.05, 0.1) is 18.9 Å². The van der Waals surface area contributed by atoms with E-state index in [0.29, 0.717) is 6.54 Å². The molecule has 2 aliphatic rings. The van der Waals surface area contributed by atoms with E-state index >= 15 is 0 Å². The van der Waals surface area contributed by atoms with Crippen molar-refractivity contribution in [3.8, 4) is 5.75 Å². The highest BCUT2D eigenvalue weighted by molar-refractivity contribution is 5.81. The molecule has 0 bridgehead atoms. The van der Waals surface area contributed by atoms with Crippen molar-refractivity contribution in [2.45, 2.75) is 43.9 Å². The van der Waals surface area contributed by atoms with Crippen molar-refractivity contribution in [2.75, 3.05) is 31.6 Å². The van der Waals surface area contributed by atoms with Gasteiger partial charge in [-0.2, -0.15) is 0 Å². The molecule has 0 aromatic heterocycles. The Labute approximate surface area is 143 Å². The summed E-state index contributed by atoms with van der Waals surface area (Å²) < 4.78 is 11.1. The third-order valence-electron chi connectivity index (χ3n) is 4.93. The zero-order valence-electron chi connectivity index (χ0n) is 14.2. The van der Waals surface area contributed by atoms with E-state index in [9.17, 15) is 4.79 Å². The summed E-state index contributed by atoms with van der Waals surface area (Å²) in [5, 5.41) is 3.14. The molecule has 3 rings (SSSR count). The maximum atomic E-state index is 12.3. The van der Waals surface area contributed by atoms with E-state index < -0.39 is 0 Å². The first-order chi connectivity index (χ1) is 11.7. The van der Waals surface area contributed by atoms with Crippen LogP contribution >= 0.6 is 0 Å². The topological polar surface area (TPSA) is 76.8 Å². The Kier molecular flexibility index (Phi) is 5.58. The second-order valence-electron chi connectivity index (χ2n) is 6.50. The summed E-state index contributed by atoms with van der Waals surface area (Å²) in [6.07, 6.45) is 3.21. The summed E-state index contributed by atoms with van der Waals surface area (Å²) in [6, 6.07) is 8.28. The normalized spacial score (nSPS) is 24.8. The molecule has 2 heterocycles. The molecular formula is C18H27N3O3. The fourth-order valence-corrected chi connectivity index (χ4v) is 3.52. The van der Waals surface area contributed by atoms with Crippen LogP contribution in [-0.4, -0.2) is 50.9 Å². The van der Waals surface area contributed by atoms with E-state index in [1.54, 1.807) is 7.11 Å². The number of rotatable bonds is 5. The molecule has 132 valence electrons. The maximum Gasteiger partial charge on any atom is 0.249 e. The minimum absolute atomic E-state index is 0.0155. The molecule has 0 spiro atoms. The molecule has 1 aromatic rings. The number of nitrogens with zero attached hydrogens (tertiary/aromatic N) is 1. The number of methoxy groups -OCH3 is 1. The Balaban J connectivity index is 1.49. The summed E-state index contributed by atoms with van der Waals surface area (Å²) in [5.41, 5.74) is 6.72. The lowest BCUT2D eigenvalue weighted by atomic mass is 10.0. The smallest absolute Gasteiger partial charge is 0.249 e. The number of carbonyl (C=O) groups is 1. The zero-order chi connectivity index (χ0) is 16.9. The van der Waals surface area contributed by atoms with E-state index in [2.05, 4.69) is 16.3 Å². The Hall–Kier alpha value is -1.79. The molecule has 0 aliphatic carbocycles. The van der Waals surface area contributed by atoms with Gasteiger partial charge in [0.15, 0.2) is 0 Å². The molecule has 6 nitrogen and oxygen atoms in total. The van der Waals surface area contributed by atoms with E-state index in [4.69, 9.17) is 15.2 Å². The molecule has 2 atom stereocenters. The number of hydrogen-bond acceptors (Lipinski definition) is 5. The van der Waals surface area contributed by atoms with Crippen molar-refractivity contribution in [3.63, 3.8) is 0 Å². The van der Waals surface area contributed by atoms with E-state index in [-0.39, 0.29) is 24.2 Å². The molecule has 1 aromatic carbocycles. The Bertz CT molecular complexity index is 558. The molecule has 2 fully saturated rings. The zero-order valence-corrected chi connectivity index (χ0v) is 14.2. The first-order valence-electron chi connectivity index (χ1n) is 8.75. The first-order valence-corrected chi connectivity index (χ1v) is 8.75. The summed E-state index contributed by atoms with van der Waals surface area (Å²) in [7, 11) is 1.70. The number of carbonyl (C=O) groups excluding carboxylic acids is 1. The number of benzene rings is 1. The van der Waals surface area contributed by atoms with Gasteiger partial charge in [-0.25, -0.2) is 0 Å². The van der Waals surface area contributed by atoms with E-state index in [1.807, 2.05) is 18.2 Å². The van der Waals surface area contributed by atoms with Crippen LogP contribution in [0.1, 0.15) is 25.7 Å². The predicted molar refractivity (Wildman–Crippen MR) is 93.3 cm³/mol. The quantitative estimate of drug-likeness (QED) is 0.849. The number of ether oxygens (including phenoxy) is 2. The highest BCUT2D eigenvalue weighted by atomic mass is 16.5. The average Bonchev–Trinajstić information content (AvgIpc) is 3.12. The Morgan fingerprint density at radius 1 is 1.29 bits per heavy atom. The van der Waals surface area contributed by atoms with E-state index in [0.717, 1.165) is 50.2 Å². The molecule has 1 amide bonds. The van der Waals surface area contributed by atoms with Gasteiger partial charge in [0.25, 0.3) is 0 Å². The van der Waals surface area contributed by atoms with E-state index in [1.165, 1.54) is 0 Å². The number of amides is 1. The van der Waals surface area contributed by atoms with Crippen LogP contribution in [0.5, 0.6) is 5.75 Å². The van der Waals surface area contributed by atoms with Gasteiger partial charge < -0.3 is 25.4 Å². The lowest BCUT2D eigenvalue weighted by Gasteiger charge is -2.35. The fourth-order valence-electron chi connectivity index (χ4n) is 3.52. The second-order valence-corrected chi connectivity index (χ2v) is 6.50. The van der Waals surface area contributed by atoms with Gasteiger partial charge in [0.2, 0.25) is 5.91 Å². The molecule has 3 N–H and O–H groups in total. The highest BCUT2D eigenvalue weighted by Gasteiger charge is 2.31. The van der Waals surface area contributed by atoms with Gasteiger partial charge in [-0.05, 0) is 37.8 Å². The van der Waals surface area contributed by atoms with Gasteiger partial charge in [-0.1, -0.05) is 12.1 Å². The van der Waals surface area contributed by atoms with Gasteiger partial charge in [0, 0.05) is 25.7 Å². The molecule has 0 unspecified atom stereocenters. The molecule has 24 heavy (non-hydrogen) atoms. The predicted octanol–water partition coefficient (Wildman–Crippen LogP) is 1.29. The van der Waals surface area contributed by atoms with Crippen molar-refractivity contribution in [2.24, 2.45) is 5.73 Å². The molecule has 2 aliphatic heterocycles. The van der Waals surface area contributed by atoms with Crippen LogP contribution in [0.2, 0.25) is 0 Å². The van der Waals surface area contributed by atoms with Crippen LogP contribution in [0, 0.1) is 0 Å². The van der Waals surface area contributed by atoms with Gasteiger partial charge >= 0.3 is 0 Å². The largest absolute Gasteiger partial charge is 0.495 e. The van der Waals surface area contributed by atoms with Gasteiger partial charge in [0.1, 0.15) is 11.9 Å². The Morgan fingerprint density at radius 3 is 2.71 bits per heavy atom. The average molecular weight is 333 g/mol. The minimum atomic E-state index is -0.328. The highest BCUT2D eigenvalue weighted by Crippen LogP contribution is 2.30. The van der Waals surface area contributed by atoms with Crippen molar-refractivity contribution < 1.29 is 14.3 Å². The molecule has 0 saturated carbocycles. The second kappa shape index (κ2) is 7.85. The van der Waals surface area contributed by atoms with Crippen LogP contribution in [0.3, 0.4) is 0 Å². The lowest BCUT2D eigenvalue weighted by Crippen LogP contribution is -2.47. The fraction of sp³-hybridized carbons (Fsp3) is 0.611. The number of nitrogens with one attached hydrogen (secondary N) is 1. The first kappa shape index (κ1) is 17.0. The number of nitrogens with two attached hydrogens (primary N) is 1. The standard InChI is InChI=1S/C18H27N3O3/c1-23-16-5-3-2-4-15(16)21-10-8-13(9-11-21)20-18(22)17-7-6-14(12-19)24-17/h2-5,13-14,17H,6-12,19H2,1H3,(H,20,22)/t14-,17+/m1/s1.